The zero-order valence-corrected chi connectivity index (χ0v) is 13.5. The van der Waals surface area contributed by atoms with Crippen LogP contribution in [0, 0.1) is 6.92 Å². The largest absolute Gasteiger partial charge is 0.444 e. The van der Waals surface area contributed by atoms with Gasteiger partial charge in [-0.15, -0.1) is 0 Å². The highest BCUT2D eigenvalue weighted by Crippen LogP contribution is 2.34. The lowest BCUT2D eigenvalue weighted by molar-refractivity contribution is 0.0205. The summed E-state index contributed by atoms with van der Waals surface area (Å²) in [4.78, 5) is 13.9. The van der Waals surface area contributed by atoms with Crippen LogP contribution in [0.2, 0.25) is 0 Å². The fourth-order valence-corrected chi connectivity index (χ4v) is 2.94. The van der Waals surface area contributed by atoms with Gasteiger partial charge in [0.05, 0.1) is 0 Å². The normalized spacial score (nSPS) is 16.9. The molecule has 0 bridgehead atoms. The summed E-state index contributed by atoms with van der Waals surface area (Å²) in [6.07, 6.45) is 1.67. The van der Waals surface area contributed by atoms with E-state index in [1.54, 1.807) is 4.90 Å². The fraction of sp³-hybridized carbons (Fsp3) is 0.588. The molecule has 4 heteroatoms. The van der Waals surface area contributed by atoms with E-state index in [0.717, 1.165) is 31.6 Å². The predicted octanol–water partition coefficient (Wildman–Crippen LogP) is 3.69. The molecule has 2 N–H and O–H groups in total. The Kier molecular flexibility index (Phi) is 4.45. The van der Waals surface area contributed by atoms with Gasteiger partial charge in [0, 0.05) is 18.8 Å². The molecule has 0 aliphatic carbocycles. The number of hydrogen-bond donors (Lipinski definition) is 1. The smallest absolute Gasteiger partial charge is 0.410 e. The van der Waals surface area contributed by atoms with Crippen molar-refractivity contribution in [2.45, 2.75) is 52.1 Å². The predicted molar refractivity (Wildman–Crippen MR) is 85.4 cm³/mol. The van der Waals surface area contributed by atoms with E-state index in [1.807, 2.05) is 32.9 Å². The third-order valence-corrected chi connectivity index (χ3v) is 3.91. The maximum absolute atomic E-state index is 12.1. The van der Waals surface area contributed by atoms with Crippen LogP contribution in [0.1, 0.15) is 50.7 Å². The second-order valence-electron chi connectivity index (χ2n) is 6.82. The molecule has 0 atom stereocenters. The molecular formula is C17H26N2O2. The first-order chi connectivity index (χ1) is 9.78. The highest BCUT2D eigenvalue weighted by molar-refractivity contribution is 5.68. The van der Waals surface area contributed by atoms with Gasteiger partial charge in [0.2, 0.25) is 0 Å². The van der Waals surface area contributed by atoms with E-state index in [-0.39, 0.29) is 6.09 Å². The third-order valence-electron chi connectivity index (χ3n) is 3.91. The zero-order valence-electron chi connectivity index (χ0n) is 13.5. The lowest BCUT2D eigenvalue weighted by Crippen LogP contribution is -2.41. The molecule has 0 spiro atoms. The summed E-state index contributed by atoms with van der Waals surface area (Å²) in [7, 11) is 0. The van der Waals surface area contributed by atoms with Crippen LogP contribution in [0.4, 0.5) is 10.5 Å². The first kappa shape index (κ1) is 15.7. The molecular weight excluding hydrogens is 264 g/mol. The molecule has 1 aliphatic heterocycles. The number of benzene rings is 1. The summed E-state index contributed by atoms with van der Waals surface area (Å²) in [6.45, 7) is 9.25. The Balaban J connectivity index is 1.99. The van der Waals surface area contributed by atoms with Crippen molar-refractivity contribution >= 4 is 11.8 Å². The highest BCUT2D eigenvalue weighted by atomic mass is 16.6. The number of ether oxygens (including phenoxy) is 1. The molecule has 0 saturated carbocycles. The number of carbonyl (C=O) groups is 1. The summed E-state index contributed by atoms with van der Waals surface area (Å²) in [6, 6.07) is 6.05. The van der Waals surface area contributed by atoms with Crippen LogP contribution in [0.5, 0.6) is 0 Å². The van der Waals surface area contributed by atoms with E-state index in [1.165, 1.54) is 11.1 Å². The quantitative estimate of drug-likeness (QED) is 0.802. The molecule has 1 aliphatic rings. The van der Waals surface area contributed by atoms with Gasteiger partial charge in [-0.3, -0.25) is 0 Å². The van der Waals surface area contributed by atoms with Crippen molar-refractivity contribution < 1.29 is 9.53 Å². The van der Waals surface area contributed by atoms with Crippen LogP contribution in [0.25, 0.3) is 0 Å². The SMILES string of the molecule is Cc1cccc(N)c1C1CCN(C(=O)OC(C)(C)C)CC1. The van der Waals surface area contributed by atoms with Gasteiger partial charge in [0.25, 0.3) is 0 Å². The molecule has 1 aromatic rings. The Morgan fingerprint density at radius 1 is 1.29 bits per heavy atom. The van der Waals surface area contributed by atoms with Crippen LogP contribution >= 0.6 is 0 Å². The lowest BCUT2D eigenvalue weighted by Gasteiger charge is -2.34. The summed E-state index contributed by atoms with van der Waals surface area (Å²) < 4.78 is 5.43. The molecule has 1 fully saturated rings. The number of nitrogens with zero attached hydrogens (tertiary/aromatic N) is 1. The number of carbonyl (C=O) groups excluding carboxylic acids is 1. The van der Waals surface area contributed by atoms with Crippen molar-refractivity contribution in [2.75, 3.05) is 18.8 Å². The Labute approximate surface area is 127 Å². The summed E-state index contributed by atoms with van der Waals surface area (Å²) in [5.74, 6) is 0.435. The number of anilines is 1. The maximum Gasteiger partial charge on any atom is 0.410 e. The van der Waals surface area contributed by atoms with Crippen LogP contribution in [-0.4, -0.2) is 29.7 Å². The molecule has 0 radical (unpaired) electrons. The Bertz CT molecular complexity index is 492. The summed E-state index contributed by atoms with van der Waals surface area (Å²) in [5, 5.41) is 0. The number of amides is 1. The van der Waals surface area contributed by atoms with Crippen LogP contribution in [0.3, 0.4) is 0 Å². The van der Waals surface area contributed by atoms with E-state index in [9.17, 15) is 4.79 Å². The molecule has 21 heavy (non-hydrogen) atoms. The Hall–Kier alpha value is -1.71. The van der Waals surface area contributed by atoms with Gasteiger partial charge in [-0.25, -0.2) is 4.79 Å². The van der Waals surface area contributed by atoms with E-state index < -0.39 is 5.60 Å². The van der Waals surface area contributed by atoms with Gasteiger partial charge < -0.3 is 15.4 Å². The van der Waals surface area contributed by atoms with Crippen molar-refractivity contribution in [3.63, 3.8) is 0 Å². The molecule has 0 unspecified atom stereocenters. The monoisotopic (exact) mass is 290 g/mol. The average Bonchev–Trinajstić information content (AvgIpc) is 2.37. The third kappa shape index (κ3) is 3.90. The van der Waals surface area contributed by atoms with E-state index in [4.69, 9.17) is 10.5 Å². The van der Waals surface area contributed by atoms with Gasteiger partial charge in [-0.1, -0.05) is 12.1 Å². The van der Waals surface area contributed by atoms with Crippen molar-refractivity contribution in [1.29, 1.82) is 0 Å². The second kappa shape index (κ2) is 5.96. The number of aryl methyl sites for hydroxylation is 1. The molecule has 0 aromatic heterocycles. The van der Waals surface area contributed by atoms with Gasteiger partial charge in [0.15, 0.2) is 0 Å². The molecule has 116 valence electrons. The van der Waals surface area contributed by atoms with Crippen molar-refractivity contribution in [1.82, 2.24) is 4.90 Å². The van der Waals surface area contributed by atoms with E-state index in [2.05, 4.69) is 13.0 Å². The Morgan fingerprint density at radius 3 is 2.43 bits per heavy atom. The molecule has 1 aromatic carbocycles. The summed E-state index contributed by atoms with van der Waals surface area (Å²) in [5.41, 5.74) is 9.05. The maximum atomic E-state index is 12.1. The zero-order chi connectivity index (χ0) is 15.6. The van der Waals surface area contributed by atoms with Crippen molar-refractivity contribution in [3.8, 4) is 0 Å². The van der Waals surface area contributed by atoms with Crippen LogP contribution in [-0.2, 0) is 4.74 Å². The standard InChI is InChI=1S/C17H26N2O2/c1-12-6-5-7-14(18)15(12)13-8-10-19(11-9-13)16(20)21-17(2,3)4/h5-7,13H,8-11,18H2,1-4H3. The summed E-state index contributed by atoms with van der Waals surface area (Å²) >= 11 is 0. The molecule has 2 rings (SSSR count). The van der Waals surface area contributed by atoms with Crippen molar-refractivity contribution in [2.24, 2.45) is 0 Å². The average molecular weight is 290 g/mol. The molecule has 1 amide bonds. The van der Waals surface area contributed by atoms with E-state index in [0.29, 0.717) is 5.92 Å². The second-order valence-corrected chi connectivity index (χ2v) is 6.82. The Morgan fingerprint density at radius 2 is 1.90 bits per heavy atom. The topological polar surface area (TPSA) is 55.6 Å². The minimum absolute atomic E-state index is 0.210. The first-order valence-electron chi connectivity index (χ1n) is 7.61. The minimum Gasteiger partial charge on any atom is -0.444 e. The number of nitrogens with two attached hydrogens (primary N) is 1. The number of nitrogen functional groups attached to an aromatic ring is 1. The molecule has 1 saturated heterocycles. The van der Waals surface area contributed by atoms with Crippen LogP contribution in [0.15, 0.2) is 18.2 Å². The number of rotatable bonds is 1. The van der Waals surface area contributed by atoms with Gasteiger partial charge >= 0.3 is 6.09 Å². The van der Waals surface area contributed by atoms with Crippen LogP contribution < -0.4 is 5.73 Å². The van der Waals surface area contributed by atoms with Crippen molar-refractivity contribution in [3.05, 3.63) is 29.3 Å². The molecule has 4 nitrogen and oxygen atoms in total. The highest BCUT2D eigenvalue weighted by Gasteiger charge is 2.28. The fourth-order valence-electron chi connectivity index (χ4n) is 2.94. The lowest BCUT2D eigenvalue weighted by atomic mass is 9.86. The van der Waals surface area contributed by atoms with Gasteiger partial charge in [-0.05, 0) is 63.6 Å². The minimum atomic E-state index is -0.436. The van der Waals surface area contributed by atoms with Gasteiger partial charge in [0.1, 0.15) is 5.60 Å². The number of likely N-dealkylation sites (tertiary alicyclic amines) is 1. The number of piperidine rings is 1. The number of hydrogen-bond acceptors (Lipinski definition) is 3. The van der Waals surface area contributed by atoms with Gasteiger partial charge in [-0.2, -0.15) is 0 Å². The first-order valence-corrected chi connectivity index (χ1v) is 7.61. The van der Waals surface area contributed by atoms with E-state index >= 15 is 0 Å². The molecule has 1 heterocycles.